The summed E-state index contributed by atoms with van der Waals surface area (Å²) in [5, 5.41) is 3.08. The van der Waals surface area contributed by atoms with E-state index in [1.165, 1.54) is 6.20 Å². The van der Waals surface area contributed by atoms with Gasteiger partial charge in [-0.2, -0.15) is 0 Å². The number of carbonyl (C=O) groups excluding carboxylic acids is 1. The number of nitrogens with zero attached hydrogens (tertiary/aromatic N) is 2. The number of aromatic nitrogens is 2. The number of nitrogens with one attached hydrogen (secondary N) is 1. The lowest BCUT2D eigenvalue weighted by molar-refractivity contribution is 0.102. The van der Waals surface area contributed by atoms with E-state index in [1.54, 1.807) is 0 Å². The molecule has 0 atom stereocenters. The highest BCUT2D eigenvalue weighted by Crippen LogP contribution is 2.32. The lowest BCUT2D eigenvalue weighted by atomic mass is 9.92. The maximum absolute atomic E-state index is 12.8. The fourth-order valence-corrected chi connectivity index (χ4v) is 2.94. The van der Waals surface area contributed by atoms with E-state index in [2.05, 4.69) is 61.2 Å². The normalized spacial score (nSPS) is 11.3. The van der Waals surface area contributed by atoms with Crippen molar-refractivity contribution in [1.82, 2.24) is 9.97 Å². The maximum atomic E-state index is 12.8. The van der Waals surface area contributed by atoms with Gasteiger partial charge in [0.05, 0.1) is 17.2 Å². The molecule has 1 aromatic heterocycles. The summed E-state index contributed by atoms with van der Waals surface area (Å²) in [6, 6.07) is 13.7. The molecule has 25 heavy (non-hydrogen) atoms. The molecule has 0 aliphatic carbocycles. The maximum Gasteiger partial charge on any atom is 0.275 e. The minimum atomic E-state index is -0.228. The first kappa shape index (κ1) is 17.1. The van der Waals surface area contributed by atoms with Crippen molar-refractivity contribution in [3.8, 4) is 0 Å². The number of fused-ring (bicyclic) bond motifs is 1. The van der Waals surface area contributed by atoms with Crippen LogP contribution in [0.1, 0.15) is 61.1 Å². The summed E-state index contributed by atoms with van der Waals surface area (Å²) in [5.74, 6) is 0.404. The molecule has 0 saturated heterocycles. The summed E-state index contributed by atoms with van der Waals surface area (Å²) in [4.78, 5) is 21.6. The van der Waals surface area contributed by atoms with Crippen LogP contribution in [-0.4, -0.2) is 15.9 Å². The number of rotatable bonds is 4. The second kappa shape index (κ2) is 7.01. The second-order valence-electron chi connectivity index (χ2n) is 6.82. The third-order valence-electron chi connectivity index (χ3n) is 4.29. The first-order valence-corrected chi connectivity index (χ1v) is 8.63. The standard InChI is InChI=1S/C21H23N3O/c1-13(2)15-8-7-9-16(14(3)4)20(15)24-21(25)19-12-22-17-10-5-6-11-18(17)23-19/h5-14H,1-4H3,(H,24,25). The molecule has 4 nitrogen and oxygen atoms in total. The fourth-order valence-electron chi connectivity index (χ4n) is 2.94. The molecule has 0 bridgehead atoms. The van der Waals surface area contributed by atoms with Crippen molar-refractivity contribution in [1.29, 1.82) is 0 Å². The molecule has 3 aromatic rings. The van der Waals surface area contributed by atoms with Crippen molar-refractivity contribution in [3.05, 3.63) is 65.5 Å². The number of carbonyl (C=O) groups is 1. The van der Waals surface area contributed by atoms with Crippen LogP contribution in [0.5, 0.6) is 0 Å². The summed E-state index contributed by atoms with van der Waals surface area (Å²) in [6.07, 6.45) is 1.53. The van der Waals surface area contributed by atoms with Gasteiger partial charge in [0.1, 0.15) is 5.69 Å². The van der Waals surface area contributed by atoms with Gasteiger partial charge in [0, 0.05) is 5.69 Å². The van der Waals surface area contributed by atoms with Crippen LogP contribution in [0.2, 0.25) is 0 Å². The predicted molar refractivity (Wildman–Crippen MR) is 102 cm³/mol. The Balaban J connectivity index is 1.99. The van der Waals surface area contributed by atoms with E-state index in [4.69, 9.17) is 0 Å². The Morgan fingerprint density at radius 3 is 2.08 bits per heavy atom. The quantitative estimate of drug-likeness (QED) is 0.720. The molecule has 0 unspecified atom stereocenters. The molecule has 4 heteroatoms. The van der Waals surface area contributed by atoms with E-state index >= 15 is 0 Å². The molecular formula is C21H23N3O. The van der Waals surface area contributed by atoms with Crippen molar-refractivity contribution >= 4 is 22.6 Å². The lowest BCUT2D eigenvalue weighted by Crippen LogP contribution is -2.17. The molecule has 0 fully saturated rings. The molecule has 1 amide bonds. The van der Waals surface area contributed by atoms with Gasteiger partial charge >= 0.3 is 0 Å². The zero-order valence-corrected chi connectivity index (χ0v) is 15.1. The summed E-state index contributed by atoms with van der Waals surface area (Å²) < 4.78 is 0. The van der Waals surface area contributed by atoms with Gasteiger partial charge in [0.2, 0.25) is 0 Å². The van der Waals surface area contributed by atoms with Gasteiger partial charge in [0.15, 0.2) is 0 Å². The fraction of sp³-hybridized carbons (Fsp3) is 0.286. The average molecular weight is 333 g/mol. The highest BCUT2D eigenvalue weighted by Gasteiger charge is 2.17. The Morgan fingerprint density at radius 1 is 0.880 bits per heavy atom. The largest absolute Gasteiger partial charge is 0.320 e. The Labute approximate surface area is 148 Å². The van der Waals surface area contributed by atoms with Gasteiger partial charge in [-0.3, -0.25) is 9.78 Å². The first-order valence-electron chi connectivity index (χ1n) is 8.63. The summed E-state index contributed by atoms with van der Waals surface area (Å²) >= 11 is 0. The van der Waals surface area contributed by atoms with Crippen LogP contribution in [0.3, 0.4) is 0 Å². The molecule has 1 N–H and O–H groups in total. The third-order valence-corrected chi connectivity index (χ3v) is 4.29. The van der Waals surface area contributed by atoms with Crippen molar-refractivity contribution in [2.75, 3.05) is 5.32 Å². The Bertz CT molecular complexity index is 890. The van der Waals surface area contributed by atoms with Crippen LogP contribution >= 0.6 is 0 Å². The number of amides is 1. The zero-order chi connectivity index (χ0) is 18.0. The SMILES string of the molecule is CC(C)c1cccc(C(C)C)c1NC(=O)c1cnc2ccccc2n1. The number of benzene rings is 2. The van der Waals surface area contributed by atoms with E-state index in [0.717, 1.165) is 27.8 Å². The highest BCUT2D eigenvalue weighted by molar-refractivity contribution is 6.04. The lowest BCUT2D eigenvalue weighted by Gasteiger charge is -2.20. The smallest absolute Gasteiger partial charge is 0.275 e. The Morgan fingerprint density at radius 2 is 1.48 bits per heavy atom. The third kappa shape index (κ3) is 3.53. The van der Waals surface area contributed by atoms with E-state index in [0.29, 0.717) is 17.5 Å². The molecule has 0 radical (unpaired) electrons. The minimum Gasteiger partial charge on any atom is -0.320 e. The minimum absolute atomic E-state index is 0.228. The number of anilines is 1. The molecule has 128 valence electrons. The van der Waals surface area contributed by atoms with Crippen molar-refractivity contribution in [2.45, 2.75) is 39.5 Å². The van der Waals surface area contributed by atoms with Crippen LogP contribution in [0.4, 0.5) is 5.69 Å². The number of hydrogen-bond donors (Lipinski definition) is 1. The van der Waals surface area contributed by atoms with Crippen LogP contribution < -0.4 is 5.32 Å². The molecule has 1 heterocycles. The molecular weight excluding hydrogens is 310 g/mol. The van der Waals surface area contributed by atoms with Crippen LogP contribution in [0.25, 0.3) is 11.0 Å². The van der Waals surface area contributed by atoms with E-state index in [1.807, 2.05) is 24.3 Å². The summed E-state index contributed by atoms with van der Waals surface area (Å²) in [7, 11) is 0. The number of hydrogen-bond acceptors (Lipinski definition) is 3. The van der Waals surface area contributed by atoms with Crippen molar-refractivity contribution < 1.29 is 4.79 Å². The molecule has 0 spiro atoms. The van der Waals surface area contributed by atoms with E-state index in [9.17, 15) is 4.79 Å². The first-order chi connectivity index (χ1) is 12.0. The zero-order valence-electron chi connectivity index (χ0n) is 15.1. The van der Waals surface area contributed by atoms with Crippen LogP contribution in [0, 0.1) is 0 Å². The average Bonchev–Trinajstić information content (AvgIpc) is 2.61. The second-order valence-corrected chi connectivity index (χ2v) is 6.82. The monoisotopic (exact) mass is 333 g/mol. The molecule has 0 aliphatic rings. The van der Waals surface area contributed by atoms with Crippen LogP contribution in [-0.2, 0) is 0 Å². The molecule has 0 aliphatic heterocycles. The number of para-hydroxylation sites is 3. The summed E-state index contributed by atoms with van der Waals surface area (Å²) in [5.41, 5.74) is 4.99. The predicted octanol–water partition coefficient (Wildman–Crippen LogP) is 5.13. The van der Waals surface area contributed by atoms with Gasteiger partial charge in [-0.25, -0.2) is 4.98 Å². The van der Waals surface area contributed by atoms with E-state index < -0.39 is 0 Å². The summed E-state index contributed by atoms with van der Waals surface area (Å²) in [6.45, 7) is 8.52. The van der Waals surface area contributed by atoms with Gasteiger partial charge in [0.25, 0.3) is 5.91 Å². The van der Waals surface area contributed by atoms with Crippen molar-refractivity contribution in [3.63, 3.8) is 0 Å². The van der Waals surface area contributed by atoms with Crippen LogP contribution in [0.15, 0.2) is 48.7 Å². The van der Waals surface area contributed by atoms with Gasteiger partial charge in [-0.05, 0) is 35.1 Å². The Hall–Kier alpha value is -2.75. The van der Waals surface area contributed by atoms with Gasteiger partial charge < -0.3 is 5.32 Å². The van der Waals surface area contributed by atoms with Crippen molar-refractivity contribution in [2.24, 2.45) is 0 Å². The Kier molecular flexibility index (Phi) is 4.79. The van der Waals surface area contributed by atoms with Gasteiger partial charge in [-0.1, -0.05) is 58.0 Å². The highest BCUT2D eigenvalue weighted by atomic mass is 16.1. The molecule has 2 aromatic carbocycles. The molecule has 3 rings (SSSR count). The van der Waals surface area contributed by atoms with Gasteiger partial charge in [-0.15, -0.1) is 0 Å². The van der Waals surface area contributed by atoms with E-state index in [-0.39, 0.29) is 5.91 Å². The topological polar surface area (TPSA) is 54.9 Å². The molecule has 0 saturated carbocycles.